The van der Waals surface area contributed by atoms with Crippen molar-refractivity contribution >= 4 is 28.3 Å². The summed E-state index contributed by atoms with van der Waals surface area (Å²) in [5, 5.41) is 6.17. The summed E-state index contributed by atoms with van der Waals surface area (Å²) in [5.74, 6) is -0.00933. The van der Waals surface area contributed by atoms with Gasteiger partial charge in [0.2, 0.25) is 10.0 Å². The molecule has 0 radical (unpaired) electrons. The lowest BCUT2D eigenvalue weighted by atomic mass is 10.2. The zero-order chi connectivity index (χ0) is 19.3. The molecule has 1 aromatic rings. The summed E-state index contributed by atoms with van der Waals surface area (Å²) in [4.78, 5) is 14.8. The van der Waals surface area contributed by atoms with Crippen molar-refractivity contribution in [2.75, 3.05) is 59.5 Å². The van der Waals surface area contributed by atoms with Gasteiger partial charge in [0.15, 0.2) is 0 Å². The second-order valence-corrected chi connectivity index (χ2v) is 8.73. The Bertz CT molecular complexity index is 763. The number of ether oxygens (including phenoxy) is 1. The van der Waals surface area contributed by atoms with Crippen molar-refractivity contribution in [3.8, 4) is 5.75 Å². The molecule has 0 saturated carbocycles. The lowest BCUT2D eigenvalue weighted by Crippen LogP contribution is -2.46. The Hall–Kier alpha value is -1.39. The van der Waals surface area contributed by atoms with Gasteiger partial charge in [0, 0.05) is 57.9 Å². The highest BCUT2D eigenvalue weighted by molar-refractivity contribution is 7.89. The van der Waals surface area contributed by atoms with Crippen LogP contribution in [-0.2, 0) is 10.0 Å². The van der Waals surface area contributed by atoms with Crippen LogP contribution in [-0.4, -0.2) is 83.0 Å². The van der Waals surface area contributed by atoms with Crippen LogP contribution in [0.5, 0.6) is 5.75 Å². The van der Waals surface area contributed by atoms with Crippen molar-refractivity contribution in [1.29, 1.82) is 0 Å². The Labute approximate surface area is 173 Å². The standard InChI is InChI=1S/C18H28N4O4S.ClH/c1-26-16-5-4-15(14-17(16)27(24,25)22-9-2-3-10-22)18(23)20-8-13-21-11-6-19-7-12-21;/h4-5,14,19H,2-3,6-13H2,1H3,(H,20,23);1H. The topological polar surface area (TPSA) is 91.0 Å². The molecule has 8 nitrogen and oxygen atoms in total. The van der Waals surface area contributed by atoms with Gasteiger partial charge in [-0.3, -0.25) is 9.69 Å². The number of carbonyl (C=O) groups is 1. The number of nitrogens with one attached hydrogen (secondary N) is 2. The fraction of sp³-hybridized carbons (Fsp3) is 0.611. The van der Waals surface area contributed by atoms with Gasteiger partial charge in [-0.1, -0.05) is 0 Å². The molecule has 0 spiro atoms. The molecule has 3 rings (SSSR count). The summed E-state index contributed by atoms with van der Waals surface area (Å²) in [6.07, 6.45) is 1.71. The lowest BCUT2D eigenvalue weighted by molar-refractivity contribution is 0.0947. The molecule has 1 aromatic carbocycles. The minimum absolute atomic E-state index is 0. The van der Waals surface area contributed by atoms with Crippen LogP contribution in [0, 0.1) is 0 Å². The largest absolute Gasteiger partial charge is 0.495 e. The van der Waals surface area contributed by atoms with E-state index in [0.29, 0.717) is 25.2 Å². The molecule has 158 valence electrons. The van der Waals surface area contributed by atoms with Gasteiger partial charge < -0.3 is 15.4 Å². The Morgan fingerprint density at radius 3 is 2.50 bits per heavy atom. The summed E-state index contributed by atoms with van der Waals surface area (Å²) in [6, 6.07) is 4.57. The van der Waals surface area contributed by atoms with Gasteiger partial charge >= 0.3 is 0 Å². The number of amides is 1. The molecule has 2 aliphatic rings. The van der Waals surface area contributed by atoms with E-state index < -0.39 is 10.0 Å². The van der Waals surface area contributed by atoms with E-state index in [9.17, 15) is 13.2 Å². The Kier molecular flexibility index (Phi) is 8.51. The predicted molar refractivity (Wildman–Crippen MR) is 110 cm³/mol. The summed E-state index contributed by atoms with van der Waals surface area (Å²) in [7, 11) is -2.23. The van der Waals surface area contributed by atoms with Crippen LogP contribution in [0.3, 0.4) is 0 Å². The van der Waals surface area contributed by atoms with Crippen LogP contribution in [0.1, 0.15) is 23.2 Å². The molecule has 2 heterocycles. The third-order valence-electron chi connectivity index (χ3n) is 5.03. The normalized spacial score (nSPS) is 18.5. The predicted octanol–water partition coefficient (Wildman–Crippen LogP) is 0.537. The number of methoxy groups -OCH3 is 1. The van der Waals surface area contributed by atoms with Crippen LogP contribution in [0.15, 0.2) is 23.1 Å². The molecule has 0 bridgehead atoms. The van der Waals surface area contributed by atoms with Crippen LogP contribution in [0.4, 0.5) is 0 Å². The number of benzene rings is 1. The third kappa shape index (κ3) is 5.36. The number of rotatable bonds is 7. The smallest absolute Gasteiger partial charge is 0.251 e. The lowest BCUT2D eigenvalue weighted by Gasteiger charge is -2.27. The van der Waals surface area contributed by atoms with E-state index in [1.807, 2.05) is 0 Å². The molecule has 1 amide bonds. The zero-order valence-electron chi connectivity index (χ0n) is 16.1. The number of sulfonamides is 1. The molecule has 0 atom stereocenters. The summed E-state index contributed by atoms with van der Waals surface area (Å²) < 4.78 is 32.5. The number of hydrogen-bond donors (Lipinski definition) is 2. The zero-order valence-corrected chi connectivity index (χ0v) is 17.8. The minimum Gasteiger partial charge on any atom is -0.495 e. The van der Waals surface area contributed by atoms with E-state index in [1.54, 1.807) is 12.1 Å². The van der Waals surface area contributed by atoms with Gasteiger partial charge in [-0.2, -0.15) is 4.31 Å². The molecule has 2 saturated heterocycles. The van der Waals surface area contributed by atoms with Gasteiger partial charge in [0.25, 0.3) is 5.91 Å². The number of hydrogen-bond acceptors (Lipinski definition) is 6. The van der Waals surface area contributed by atoms with E-state index in [2.05, 4.69) is 15.5 Å². The molecular formula is C18H29ClN4O4S. The summed E-state index contributed by atoms with van der Waals surface area (Å²) in [6.45, 7) is 6.18. The first-order chi connectivity index (χ1) is 13.0. The molecule has 2 N–H and O–H groups in total. The van der Waals surface area contributed by atoms with E-state index >= 15 is 0 Å². The van der Waals surface area contributed by atoms with Crippen molar-refractivity contribution < 1.29 is 17.9 Å². The average Bonchev–Trinajstić information content (AvgIpc) is 3.24. The fourth-order valence-electron chi connectivity index (χ4n) is 3.45. The Morgan fingerprint density at radius 1 is 1.18 bits per heavy atom. The first-order valence-electron chi connectivity index (χ1n) is 9.42. The molecule has 2 fully saturated rings. The highest BCUT2D eigenvalue weighted by atomic mass is 35.5. The maximum Gasteiger partial charge on any atom is 0.251 e. The minimum atomic E-state index is -3.66. The van der Waals surface area contributed by atoms with Crippen LogP contribution < -0.4 is 15.4 Å². The number of halogens is 1. The van der Waals surface area contributed by atoms with Crippen molar-refractivity contribution in [2.45, 2.75) is 17.7 Å². The van der Waals surface area contributed by atoms with Gasteiger partial charge in [0.05, 0.1) is 7.11 Å². The van der Waals surface area contributed by atoms with E-state index in [4.69, 9.17) is 4.74 Å². The first kappa shape index (κ1) is 22.9. The van der Waals surface area contributed by atoms with Gasteiger partial charge in [-0.05, 0) is 31.0 Å². The third-order valence-corrected chi connectivity index (χ3v) is 6.95. The number of piperazine rings is 1. The SMILES string of the molecule is COc1ccc(C(=O)NCCN2CCNCC2)cc1S(=O)(=O)N1CCCC1.Cl. The van der Waals surface area contributed by atoms with Crippen molar-refractivity contribution in [3.63, 3.8) is 0 Å². The fourth-order valence-corrected chi connectivity index (χ4v) is 5.15. The average molecular weight is 433 g/mol. The van der Waals surface area contributed by atoms with Crippen LogP contribution in [0.25, 0.3) is 0 Å². The van der Waals surface area contributed by atoms with Gasteiger partial charge in [0.1, 0.15) is 10.6 Å². The molecule has 0 aliphatic carbocycles. The Balaban J connectivity index is 0.00000280. The summed E-state index contributed by atoms with van der Waals surface area (Å²) >= 11 is 0. The van der Waals surface area contributed by atoms with Crippen molar-refractivity contribution in [2.24, 2.45) is 0 Å². The maximum absolute atomic E-state index is 12.9. The van der Waals surface area contributed by atoms with E-state index in [1.165, 1.54) is 17.5 Å². The second kappa shape index (κ2) is 10.4. The molecule has 2 aliphatic heterocycles. The molecule has 0 aromatic heterocycles. The highest BCUT2D eigenvalue weighted by Crippen LogP contribution is 2.29. The molecule has 28 heavy (non-hydrogen) atoms. The summed E-state index contributed by atoms with van der Waals surface area (Å²) in [5.41, 5.74) is 0.328. The van der Waals surface area contributed by atoms with Gasteiger partial charge in [-0.25, -0.2) is 8.42 Å². The van der Waals surface area contributed by atoms with Crippen molar-refractivity contribution in [1.82, 2.24) is 19.8 Å². The maximum atomic E-state index is 12.9. The second-order valence-electron chi connectivity index (χ2n) is 6.82. The molecule has 0 unspecified atom stereocenters. The highest BCUT2D eigenvalue weighted by Gasteiger charge is 2.30. The first-order valence-corrected chi connectivity index (χ1v) is 10.9. The van der Waals surface area contributed by atoms with Crippen LogP contribution in [0.2, 0.25) is 0 Å². The number of nitrogens with zero attached hydrogens (tertiary/aromatic N) is 2. The van der Waals surface area contributed by atoms with Crippen molar-refractivity contribution in [3.05, 3.63) is 23.8 Å². The van der Waals surface area contributed by atoms with Gasteiger partial charge in [-0.15, -0.1) is 12.4 Å². The number of carbonyl (C=O) groups excluding carboxylic acids is 1. The van der Waals surface area contributed by atoms with E-state index in [-0.39, 0.29) is 29.0 Å². The molecule has 10 heteroatoms. The van der Waals surface area contributed by atoms with E-state index in [0.717, 1.165) is 45.6 Å². The quantitative estimate of drug-likeness (QED) is 0.653. The Morgan fingerprint density at radius 2 is 1.86 bits per heavy atom. The van der Waals surface area contributed by atoms with Crippen LogP contribution >= 0.6 is 12.4 Å². The monoisotopic (exact) mass is 432 g/mol. The molecular weight excluding hydrogens is 404 g/mol.